The van der Waals surface area contributed by atoms with E-state index in [0.29, 0.717) is 17.9 Å². The lowest BCUT2D eigenvalue weighted by Crippen LogP contribution is -2.23. The molecule has 136 valence electrons. The van der Waals surface area contributed by atoms with Gasteiger partial charge >= 0.3 is 0 Å². The molecule has 26 heavy (non-hydrogen) atoms. The second-order valence-electron chi connectivity index (χ2n) is 6.09. The van der Waals surface area contributed by atoms with E-state index in [1.54, 1.807) is 0 Å². The molecule has 1 heterocycles. The van der Waals surface area contributed by atoms with Gasteiger partial charge in [0.05, 0.1) is 23.1 Å². The van der Waals surface area contributed by atoms with Gasteiger partial charge in [-0.05, 0) is 50.2 Å². The molecule has 0 aromatic heterocycles. The third-order valence-corrected chi connectivity index (χ3v) is 5.54. The number of nitriles is 1. The number of fused-ring (bicyclic) bond motifs is 1. The first-order chi connectivity index (χ1) is 12.4. The van der Waals surface area contributed by atoms with Gasteiger partial charge in [0.2, 0.25) is 10.0 Å². The molecule has 7 heteroatoms. The average Bonchev–Trinajstić information content (AvgIpc) is 2.99. The molecule has 3 rings (SSSR count). The van der Waals surface area contributed by atoms with Crippen LogP contribution in [0, 0.1) is 11.3 Å². The number of nitrogens with zero attached hydrogens (tertiary/aromatic N) is 1. The minimum absolute atomic E-state index is 0.0860. The molecule has 2 aromatic rings. The van der Waals surface area contributed by atoms with Crippen LogP contribution in [-0.2, 0) is 23.0 Å². The molecule has 0 fully saturated rings. The number of hydrogen-bond donors (Lipinski definition) is 1. The van der Waals surface area contributed by atoms with Crippen LogP contribution < -0.4 is 14.2 Å². The summed E-state index contributed by atoms with van der Waals surface area (Å²) in [4.78, 5) is 0.112. The van der Waals surface area contributed by atoms with Crippen LogP contribution in [0.3, 0.4) is 0 Å². The van der Waals surface area contributed by atoms with E-state index in [1.165, 1.54) is 24.3 Å². The van der Waals surface area contributed by atoms with Crippen molar-refractivity contribution in [2.24, 2.45) is 0 Å². The van der Waals surface area contributed by atoms with Crippen LogP contribution in [0.15, 0.2) is 41.3 Å². The van der Waals surface area contributed by atoms with Crippen molar-refractivity contribution in [2.45, 2.75) is 37.8 Å². The van der Waals surface area contributed by atoms with Crippen molar-refractivity contribution in [2.75, 3.05) is 6.61 Å². The van der Waals surface area contributed by atoms with E-state index in [0.717, 1.165) is 23.3 Å². The van der Waals surface area contributed by atoms with Crippen LogP contribution in [0.1, 0.15) is 30.5 Å². The van der Waals surface area contributed by atoms with E-state index in [1.807, 2.05) is 32.0 Å². The van der Waals surface area contributed by atoms with Crippen LogP contribution in [-0.4, -0.2) is 21.1 Å². The molecule has 1 N–H and O–H groups in total. The lowest BCUT2D eigenvalue weighted by Gasteiger charge is -2.13. The maximum Gasteiger partial charge on any atom is 0.240 e. The normalized spacial score (nSPS) is 15.8. The fraction of sp³-hybridized carbons (Fsp3) is 0.316. The number of hydrogen-bond acceptors (Lipinski definition) is 5. The van der Waals surface area contributed by atoms with Gasteiger partial charge < -0.3 is 9.47 Å². The Balaban J connectivity index is 1.82. The molecule has 1 aliphatic rings. The van der Waals surface area contributed by atoms with E-state index < -0.39 is 10.0 Å². The first-order valence-electron chi connectivity index (χ1n) is 8.38. The van der Waals surface area contributed by atoms with Crippen molar-refractivity contribution in [3.05, 3.63) is 53.1 Å². The first-order valence-corrected chi connectivity index (χ1v) is 9.86. The third kappa shape index (κ3) is 3.82. The van der Waals surface area contributed by atoms with Crippen molar-refractivity contribution < 1.29 is 17.9 Å². The summed E-state index contributed by atoms with van der Waals surface area (Å²) in [6.07, 6.45) is 0.914. The number of benzene rings is 2. The van der Waals surface area contributed by atoms with Gasteiger partial charge in [-0.1, -0.05) is 0 Å². The molecule has 2 aromatic carbocycles. The van der Waals surface area contributed by atoms with Crippen molar-refractivity contribution in [3.8, 4) is 17.6 Å². The number of sulfonamides is 1. The fourth-order valence-electron chi connectivity index (χ4n) is 2.87. The first kappa shape index (κ1) is 18.2. The Morgan fingerprint density at radius 2 is 2.04 bits per heavy atom. The average molecular weight is 372 g/mol. The summed E-state index contributed by atoms with van der Waals surface area (Å²) in [7, 11) is -3.70. The molecule has 0 unspecified atom stereocenters. The standard InChI is InChI=1S/C19H20N2O4S/c1-3-24-18-9-15-8-13(2)25-19(15)10-16(18)12-21-26(22,23)17-6-4-14(11-20)5-7-17/h4-7,9-10,13,21H,3,8,12H2,1-2H3/t13-/m1/s1. The highest BCUT2D eigenvalue weighted by molar-refractivity contribution is 7.89. The van der Waals surface area contributed by atoms with Crippen LogP contribution in [0.4, 0.5) is 0 Å². The van der Waals surface area contributed by atoms with Gasteiger partial charge in [0, 0.05) is 24.1 Å². The molecule has 0 bridgehead atoms. The summed E-state index contributed by atoms with van der Waals surface area (Å²) in [6.45, 7) is 4.46. The lowest BCUT2D eigenvalue weighted by atomic mass is 10.1. The Kier molecular flexibility index (Phi) is 5.16. The molecule has 0 saturated heterocycles. The monoisotopic (exact) mass is 372 g/mol. The molecular formula is C19H20N2O4S. The number of rotatable bonds is 6. The Bertz CT molecular complexity index is 947. The smallest absolute Gasteiger partial charge is 0.240 e. The van der Waals surface area contributed by atoms with Crippen LogP contribution in [0.2, 0.25) is 0 Å². The summed E-state index contributed by atoms with van der Waals surface area (Å²) in [6, 6.07) is 11.5. The van der Waals surface area contributed by atoms with Crippen molar-refractivity contribution in [1.82, 2.24) is 4.72 Å². The highest BCUT2D eigenvalue weighted by Crippen LogP contribution is 2.35. The summed E-state index contributed by atoms with van der Waals surface area (Å²) in [5.41, 5.74) is 2.20. The topological polar surface area (TPSA) is 88.4 Å². The molecule has 6 nitrogen and oxygen atoms in total. The molecule has 0 aliphatic carbocycles. The van der Waals surface area contributed by atoms with Crippen LogP contribution in [0.25, 0.3) is 0 Å². The fourth-order valence-corrected chi connectivity index (χ4v) is 3.88. The molecule has 1 aliphatic heterocycles. The van der Waals surface area contributed by atoms with E-state index in [9.17, 15) is 8.42 Å². The Morgan fingerprint density at radius 1 is 1.31 bits per heavy atom. The van der Waals surface area contributed by atoms with Crippen molar-refractivity contribution >= 4 is 10.0 Å². The van der Waals surface area contributed by atoms with E-state index in [4.69, 9.17) is 14.7 Å². The SMILES string of the molecule is CCOc1cc2c(cc1CNS(=O)(=O)c1ccc(C#N)cc1)O[C@H](C)C2. The van der Waals surface area contributed by atoms with Crippen LogP contribution >= 0.6 is 0 Å². The zero-order chi connectivity index (χ0) is 18.7. The largest absolute Gasteiger partial charge is 0.494 e. The van der Waals surface area contributed by atoms with Crippen molar-refractivity contribution in [1.29, 1.82) is 5.26 Å². The molecule has 0 amide bonds. The molecule has 0 radical (unpaired) electrons. The summed E-state index contributed by atoms with van der Waals surface area (Å²) >= 11 is 0. The minimum atomic E-state index is -3.70. The van der Waals surface area contributed by atoms with E-state index >= 15 is 0 Å². The maximum absolute atomic E-state index is 12.5. The van der Waals surface area contributed by atoms with Gasteiger partial charge in [0.15, 0.2) is 0 Å². The van der Waals surface area contributed by atoms with E-state index in [2.05, 4.69) is 4.72 Å². The Morgan fingerprint density at radius 3 is 2.69 bits per heavy atom. The van der Waals surface area contributed by atoms with Gasteiger partial charge in [0.1, 0.15) is 17.6 Å². The third-order valence-electron chi connectivity index (χ3n) is 4.13. The predicted octanol–water partition coefficient (Wildman–Crippen LogP) is 2.76. The quantitative estimate of drug-likeness (QED) is 0.842. The maximum atomic E-state index is 12.5. The molecule has 1 atom stereocenters. The zero-order valence-corrected chi connectivity index (χ0v) is 15.5. The Labute approximate surface area is 153 Å². The molecule has 0 saturated carbocycles. The van der Waals surface area contributed by atoms with E-state index in [-0.39, 0.29) is 17.5 Å². The minimum Gasteiger partial charge on any atom is -0.494 e. The predicted molar refractivity (Wildman–Crippen MR) is 96.6 cm³/mol. The lowest BCUT2D eigenvalue weighted by molar-refractivity contribution is 0.254. The van der Waals surface area contributed by atoms with Crippen LogP contribution in [0.5, 0.6) is 11.5 Å². The van der Waals surface area contributed by atoms with Gasteiger partial charge in [0.25, 0.3) is 0 Å². The molecule has 0 spiro atoms. The summed E-state index contributed by atoms with van der Waals surface area (Å²) in [5.74, 6) is 1.43. The van der Waals surface area contributed by atoms with Crippen molar-refractivity contribution in [3.63, 3.8) is 0 Å². The summed E-state index contributed by atoms with van der Waals surface area (Å²) in [5, 5.41) is 8.82. The van der Waals surface area contributed by atoms with Gasteiger partial charge in [-0.15, -0.1) is 0 Å². The van der Waals surface area contributed by atoms with Gasteiger partial charge in [-0.25, -0.2) is 13.1 Å². The van der Waals surface area contributed by atoms with Gasteiger partial charge in [-0.3, -0.25) is 0 Å². The highest BCUT2D eigenvalue weighted by Gasteiger charge is 2.23. The number of ether oxygens (including phenoxy) is 2. The number of nitrogens with one attached hydrogen (secondary N) is 1. The zero-order valence-electron chi connectivity index (χ0n) is 14.7. The Hall–Kier alpha value is -2.56. The second kappa shape index (κ2) is 7.36. The van der Waals surface area contributed by atoms with Gasteiger partial charge in [-0.2, -0.15) is 5.26 Å². The highest BCUT2D eigenvalue weighted by atomic mass is 32.2. The second-order valence-corrected chi connectivity index (χ2v) is 7.86. The summed E-state index contributed by atoms with van der Waals surface area (Å²) < 4.78 is 39.0. The molecular weight excluding hydrogens is 352 g/mol.